The summed E-state index contributed by atoms with van der Waals surface area (Å²) < 4.78 is 2.66. The van der Waals surface area contributed by atoms with E-state index in [1.54, 1.807) is 18.3 Å². The number of carbonyl (C=O) groups is 1. The first kappa shape index (κ1) is 17.5. The maximum atomic E-state index is 12.3. The Morgan fingerprint density at radius 2 is 1.81 bits per heavy atom. The van der Waals surface area contributed by atoms with Crippen LogP contribution in [0.15, 0.2) is 59.5 Å². The van der Waals surface area contributed by atoms with Crippen molar-refractivity contribution in [3.05, 3.63) is 70.8 Å². The summed E-state index contributed by atoms with van der Waals surface area (Å²) in [5, 5.41) is 7.25. The highest BCUT2D eigenvalue weighted by Crippen LogP contribution is 2.13. The van der Waals surface area contributed by atoms with Crippen LogP contribution in [0, 0.1) is 0 Å². The molecule has 0 saturated carbocycles. The van der Waals surface area contributed by atoms with Gasteiger partial charge in [0, 0.05) is 31.9 Å². The van der Waals surface area contributed by atoms with Crippen molar-refractivity contribution in [1.82, 2.24) is 24.4 Å². The number of likely N-dealkylation sites (tertiary alicyclic amines) is 1. The first-order valence-corrected chi connectivity index (χ1v) is 9.29. The van der Waals surface area contributed by atoms with Gasteiger partial charge in [-0.05, 0) is 30.5 Å². The van der Waals surface area contributed by atoms with E-state index < -0.39 is 0 Å². The van der Waals surface area contributed by atoms with E-state index in [1.807, 2.05) is 12.1 Å². The molecule has 4 rings (SSSR count). The fourth-order valence-electron chi connectivity index (χ4n) is 3.56. The van der Waals surface area contributed by atoms with Gasteiger partial charge in [-0.3, -0.25) is 14.1 Å². The fraction of sp³-hybridized carbons (Fsp3) is 0.350. The summed E-state index contributed by atoms with van der Waals surface area (Å²) >= 11 is 0. The molecule has 1 aromatic carbocycles. The van der Waals surface area contributed by atoms with Crippen LogP contribution >= 0.6 is 0 Å². The van der Waals surface area contributed by atoms with Crippen LogP contribution in [0.5, 0.6) is 0 Å². The maximum absolute atomic E-state index is 12.3. The number of carbonyl (C=O) groups excluding carboxylic acids is 1. The predicted octanol–water partition coefficient (Wildman–Crippen LogP) is 1.28. The molecule has 0 atom stereocenters. The van der Waals surface area contributed by atoms with Gasteiger partial charge in [-0.15, -0.1) is 5.10 Å². The molecule has 0 radical (unpaired) electrons. The van der Waals surface area contributed by atoms with Gasteiger partial charge >= 0.3 is 5.69 Å². The highest BCUT2D eigenvalue weighted by atomic mass is 16.2. The molecule has 3 aromatic rings. The molecular weight excluding hydrogens is 342 g/mol. The average molecular weight is 365 g/mol. The molecular formula is C20H23N5O2. The second-order valence-corrected chi connectivity index (χ2v) is 6.97. The van der Waals surface area contributed by atoms with E-state index in [2.05, 4.69) is 39.6 Å². The Hall–Kier alpha value is -2.93. The van der Waals surface area contributed by atoms with Crippen molar-refractivity contribution >= 4 is 11.6 Å². The van der Waals surface area contributed by atoms with Gasteiger partial charge in [0.1, 0.15) is 6.54 Å². The van der Waals surface area contributed by atoms with Gasteiger partial charge in [-0.1, -0.05) is 36.4 Å². The summed E-state index contributed by atoms with van der Waals surface area (Å²) in [5.41, 5.74) is 1.56. The molecule has 3 heterocycles. The lowest BCUT2D eigenvalue weighted by Gasteiger charge is -2.32. The molecule has 0 aliphatic carbocycles. The van der Waals surface area contributed by atoms with Gasteiger partial charge in [-0.25, -0.2) is 9.48 Å². The van der Waals surface area contributed by atoms with E-state index in [-0.39, 0.29) is 24.2 Å². The topological polar surface area (TPSA) is 71.6 Å². The van der Waals surface area contributed by atoms with Crippen molar-refractivity contribution in [1.29, 1.82) is 0 Å². The Kier molecular flexibility index (Phi) is 5.02. The minimum Gasteiger partial charge on any atom is -0.352 e. The van der Waals surface area contributed by atoms with Gasteiger partial charge in [-0.2, -0.15) is 0 Å². The molecule has 2 aromatic heterocycles. The number of piperidine rings is 1. The SMILES string of the molecule is O=C(Cn1nc2ccccn2c1=O)NC1CCN(Cc2ccccc2)CC1. The van der Waals surface area contributed by atoms with Crippen molar-refractivity contribution in [2.45, 2.75) is 32.0 Å². The Labute approximate surface area is 157 Å². The third kappa shape index (κ3) is 4.09. The molecule has 1 aliphatic heterocycles. The Morgan fingerprint density at radius 3 is 2.56 bits per heavy atom. The van der Waals surface area contributed by atoms with Gasteiger partial charge in [0.25, 0.3) is 0 Å². The highest BCUT2D eigenvalue weighted by molar-refractivity contribution is 5.76. The Balaban J connectivity index is 1.29. The standard InChI is InChI=1S/C20H23N5O2/c26-19(15-25-20(27)24-11-5-4-8-18(24)22-25)21-17-9-12-23(13-10-17)14-16-6-2-1-3-7-16/h1-8,11,17H,9-10,12-15H2,(H,21,26). The molecule has 7 heteroatoms. The summed E-state index contributed by atoms with van der Waals surface area (Å²) in [5.74, 6) is -0.165. The van der Waals surface area contributed by atoms with Crippen LogP contribution in [-0.2, 0) is 17.9 Å². The van der Waals surface area contributed by atoms with E-state index in [4.69, 9.17) is 0 Å². The van der Waals surface area contributed by atoms with Crippen molar-refractivity contribution in [3.63, 3.8) is 0 Å². The molecule has 0 spiro atoms. The zero-order valence-electron chi connectivity index (χ0n) is 15.1. The lowest BCUT2D eigenvalue weighted by Crippen LogP contribution is -2.45. The van der Waals surface area contributed by atoms with Crippen LogP contribution in [0.25, 0.3) is 5.65 Å². The monoisotopic (exact) mass is 365 g/mol. The number of pyridine rings is 1. The van der Waals surface area contributed by atoms with Crippen LogP contribution in [0.4, 0.5) is 0 Å². The predicted molar refractivity (Wildman–Crippen MR) is 102 cm³/mol. The molecule has 1 aliphatic rings. The van der Waals surface area contributed by atoms with Gasteiger partial charge < -0.3 is 5.32 Å². The van der Waals surface area contributed by atoms with Crippen LogP contribution in [0.1, 0.15) is 18.4 Å². The van der Waals surface area contributed by atoms with Crippen molar-refractivity contribution in [2.24, 2.45) is 0 Å². The minimum atomic E-state index is -0.293. The normalized spacial score (nSPS) is 15.9. The Bertz CT molecular complexity index is 971. The smallest absolute Gasteiger partial charge is 0.350 e. The first-order chi connectivity index (χ1) is 13.2. The third-order valence-corrected chi connectivity index (χ3v) is 4.98. The number of aromatic nitrogens is 3. The number of hydrogen-bond donors (Lipinski definition) is 1. The summed E-state index contributed by atoms with van der Waals surface area (Å²) in [6.45, 7) is 2.80. The van der Waals surface area contributed by atoms with Crippen LogP contribution in [-0.4, -0.2) is 44.1 Å². The summed E-state index contributed by atoms with van der Waals surface area (Å²) in [4.78, 5) is 27.0. The van der Waals surface area contributed by atoms with Crippen LogP contribution in [0.2, 0.25) is 0 Å². The number of benzene rings is 1. The lowest BCUT2D eigenvalue weighted by atomic mass is 10.0. The number of hydrogen-bond acceptors (Lipinski definition) is 4. The number of amides is 1. The highest BCUT2D eigenvalue weighted by Gasteiger charge is 2.21. The minimum absolute atomic E-state index is 0.0509. The first-order valence-electron chi connectivity index (χ1n) is 9.29. The summed E-state index contributed by atoms with van der Waals surface area (Å²) in [6.07, 6.45) is 3.48. The average Bonchev–Trinajstić information content (AvgIpc) is 3.00. The summed E-state index contributed by atoms with van der Waals surface area (Å²) in [7, 11) is 0. The molecule has 27 heavy (non-hydrogen) atoms. The number of rotatable bonds is 5. The maximum Gasteiger partial charge on any atom is 0.350 e. The number of fused-ring (bicyclic) bond motifs is 1. The molecule has 1 N–H and O–H groups in total. The van der Waals surface area contributed by atoms with E-state index in [0.717, 1.165) is 32.5 Å². The van der Waals surface area contributed by atoms with E-state index in [1.165, 1.54) is 14.6 Å². The van der Waals surface area contributed by atoms with Crippen molar-refractivity contribution < 1.29 is 4.79 Å². The second kappa shape index (κ2) is 7.75. The fourth-order valence-corrected chi connectivity index (χ4v) is 3.56. The molecule has 1 saturated heterocycles. The van der Waals surface area contributed by atoms with Gasteiger partial charge in [0.05, 0.1) is 0 Å². The summed E-state index contributed by atoms with van der Waals surface area (Å²) in [6, 6.07) is 15.9. The molecule has 0 bridgehead atoms. The van der Waals surface area contributed by atoms with Crippen molar-refractivity contribution in [2.75, 3.05) is 13.1 Å². The largest absolute Gasteiger partial charge is 0.352 e. The van der Waals surface area contributed by atoms with Gasteiger partial charge in [0.15, 0.2) is 5.65 Å². The Morgan fingerprint density at radius 1 is 1.07 bits per heavy atom. The molecule has 0 unspecified atom stereocenters. The van der Waals surface area contributed by atoms with E-state index in [0.29, 0.717) is 5.65 Å². The molecule has 1 amide bonds. The third-order valence-electron chi connectivity index (χ3n) is 4.98. The zero-order chi connectivity index (χ0) is 18.6. The van der Waals surface area contributed by atoms with Crippen molar-refractivity contribution in [3.8, 4) is 0 Å². The number of nitrogens with zero attached hydrogens (tertiary/aromatic N) is 4. The van der Waals surface area contributed by atoms with Crippen LogP contribution in [0.3, 0.4) is 0 Å². The van der Waals surface area contributed by atoms with Gasteiger partial charge in [0.2, 0.25) is 5.91 Å². The lowest BCUT2D eigenvalue weighted by molar-refractivity contribution is -0.122. The van der Waals surface area contributed by atoms with Crippen LogP contribution < -0.4 is 11.0 Å². The number of nitrogens with one attached hydrogen (secondary N) is 1. The quantitative estimate of drug-likeness (QED) is 0.739. The molecule has 140 valence electrons. The molecule has 7 nitrogen and oxygen atoms in total. The van der Waals surface area contributed by atoms with E-state index in [9.17, 15) is 9.59 Å². The van der Waals surface area contributed by atoms with E-state index >= 15 is 0 Å². The second-order valence-electron chi connectivity index (χ2n) is 6.97. The zero-order valence-corrected chi connectivity index (χ0v) is 15.1. The molecule has 1 fully saturated rings.